The molecule has 2 aromatic carbocycles. The lowest BCUT2D eigenvalue weighted by Crippen LogP contribution is -2.41. The molecule has 0 spiro atoms. The third-order valence-electron chi connectivity index (χ3n) is 4.21. The molecule has 1 saturated heterocycles. The Balaban J connectivity index is 1.72. The van der Waals surface area contributed by atoms with Gasteiger partial charge in [0.2, 0.25) is 5.91 Å². The highest BCUT2D eigenvalue weighted by Crippen LogP contribution is 2.21. The fourth-order valence-electron chi connectivity index (χ4n) is 2.98. The molecule has 1 aliphatic rings. The van der Waals surface area contributed by atoms with E-state index in [1.165, 1.54) is 0 Å². The van der Waals surface area contributed by atoms with Crippen LogP contribution >= 0.6 is 0 Å². The monoisotopic (exact) mass is 308 g/mol. The minimum absolute atomic E-state index is 0.0469. The summed E-state index contributed by atoms with van der Waals surface area (Å²) in [5, 5.41) is 2.87. The van der Waals surface area contributed by atoms with Gasteiger partial charge in [-0.05, 0) is 44.0 Å². The first-order valence-corrected chi connectivity index (χ1v) is 7.81. The third-order valence-corrected chi connectivity index (χ3v) is 4.21. The van der Waals surface area contributed by atoms with E-state index < -0.39 is 6.04 Å². The Morgan fingerprint density at radius 1 is 1.13 bits per heavy atom. The molecule has 4 heteroatoms. The minimum Gasteiger partial charge on any atom is -0.340 e. The maximum absolute atomic E-state index is 12.5. The molecule has 0 radical (unpaired) electrons. The number of nitrogens with one attached hydrogen (secondary N) is 1. The molecule has 3 rings (SSSR count). The number of carbonyl (C=O) groups is 2. The molecule has 0 aliphatic carbocycles. The van der Waals surface area contributed by atoms with E-state index in [4.69, 9.17) is 0 Å². The number of anilines is 1. The molecule has 0 bridgehead atoms. The number of benzene rings is 2. The summed E-state index contributed by atoms with van der Waals surface area (Å²) in [6.07, 6.45) is 0.629. The average Bonchev–Trinajstić information content (AvgIpc) is 2.89. The maximum atomic E-state index is 12.5. The van der Waals surface area contributed by atoms with E-state index in [1.54, 1.807) is 4.90 Å². The number of nitrogens with zero attached hydrogens (tertiary/aromatic N) is 1. The van der Waals surface area contributed by atoms with Crippen LogP contribution in [0.1, 0.15) is 27.9 Å². The van der Waals surface area contributed by atoms with Crippen LogP contribution in [0.4, 0.5) is 5.69 Å². The van der Waals surface area contributed by atoms with Crippen LogP contribution in [0, 0.1) is 13.8 Å². The SMILES string of the molecule is Cc1ccc(C(=O)NC2CCN(c3ccccc3)C2=O)c(C)c1. The van der Waals surface area contributed by atoms with Gasteiger partial charge in [0, 0.05) is 17.8 Å². The minimum atomic E-state index is -0.455. The standard InChI is InChI=1S/C19H20N2O2/c1-13-8-9-16(14(2)12-13)18(22)20-17-10-11-21(19(17)23)15-6-4-3-5-7-15/h3-9,12,17H,10-11H2,1-2H3,(H,20,22). The van der Waals surface area contributed by atoms with Crippen molar-refractivity contribution >= 4 is 17.5 Å². The third kappa shape index (κ3) is 3.11. The fraction of sp³-hybridized carbons (Fsp3) is 0.263. The number of carbonyl (C=O) groups excluding carboxylic acids is 2. The zero-order valence-corrected chi connectivity index (χ0v) is 13.4. The topological polar surface area (TPSA) is 49.4 Å². The molecule has 2 aromatic rings. The van der Waals surface area contributed by atoms with E-state index in [0.717, 1.165) is 16.8 Å². The predicted octanol–water partition coefficient (Wildman–Crippen LogP) is 2.84. The first-order chi connectivity index (χ1) is 11.1. The van der Waals surface area contributed by atoms with E-state index in [-0.39, 0.29) is 11.8 Å². The van der Waals surface area contributed by atoms with Gasteiger partial charge in [-0.15, -0.1) is 0 Å². The summed E-state index contributed by atoms with van der Waals surface area (Å²) in [5.41, 5.74) is 3.54. The number of hydrogen-bond donors (Lipinski definition) is 1. The maximum Gasteiger partial charge on any atom is 0.252 e. The molecule has 1 unspecified atom stereocenters. The van der Waals surface area contributed by atoms with Crippen molar-refractivity contribution in [3.63, 3.8) is 0 Å². The lowest BCUT2D eigenvalue weighted by Gasteiger charge is -2.17. The average molecular weight is 308 g/mol. The lowest BCUT2D eigenvalue weighted by molar-refractivity contribution is -0.118. The smallest absolute Gasteiger partial charge is 0.252 e. The summed E-state index contributed by atoms with van der Waals surface area (Å²) in [6, 6.07) is 14.8. The Bertz CT molecular complexity index is 740. The highest BCUT2D eigenvalue weighted by atomic mass is 16.2. The molecule has 1 heterocycles. The van der Waals surface area contributed by atoms with Crippen LogP contribution in [0.5, 0.6) is 0 Å². The van der Waals surface area contributed by atoms with Crippen LogP contribution in [-0.2, 0) is 4.79 Å². The number of hydrogen-bond acceptors (Lipinski definition) is 2. The van der Waals surface area contributed by atoms with Gasteiger partial charge in [-0.2, -0.15) is 0 Å². The van der Waals surface area contributed by atoms with Gasteiger partial charge in [-0.3, -0.25) is 9.59 Å². The summed E-state index contributed by atoms with van der Waals surface area (Å²) in [7, 11) is 0. The van der Waals surface area contributed by atoms with E-state index in [0.29, 0.717) is 18.5 Å². The Morgan fingerprint density at radius 2 is 1.87 bits per heavy atom. The Hall–Kier alpha value is -2.62. The van der Waals surface area contributed by atoms with E-state index in [9.17, 15) is 9.59 Å². The second-order valence-corrected chi connectivity index (χ2v) is 5.96. The molecular formula is C19H20N2O2. The van der Waals surface area contributed by atoms with Crippen molar-refractivity contribution in [2.24, 2.45) is 0 Å². The second kappa shape index (κ2) is 6.24. The molecule has 1 atom stereocenters. The van der Waals surface area contributed by atoms with Gasteiger partial charge >= 0.3 is 0 Å². The van der Waals surface area contributed by atoms with Gasteiger partial charge in [0.05, 0.1) is 0 Å². The van der Waals surface area contributed by atoms with E-state index >= 15 is 0 Å². The first kappa shape index (κ1) is 15.3. The van der Waals surface area contributed by atoms with Gasteiger partial charge < -0.3 is 10.2 Å². The van der Waals surface area contributed by atoms with Crippen molar-refractivity contribution in [1.29, 1.82) is 0 Å². The van der Waals surface area contributed by atoms with E-state index in [1.807, 2.05) is 62.4 Å². The zero-order chi connectivity index (χ0) is 16.4. The van der Waals surface area contributed by atoms with Crippen molar-refractivity contribution in [2.45, 2.75) is 26.3 Å². The number of rotatable bonds is 3. The summed E-state index contributed by atoms with van der Waals surface area (Å²) < 4.78 is 0. The van der Waals surface area contributed by atoms with Crippen LogP contribution in [0.3, 0.4) is 0 Å². The molecule has 1 aliphatic heterocycles. The predicted molar refractivity (Wildman–Crippen MR) is 90.6 cm³/mol. The number of aryl methyl sites for hydroxylation is 2. The van der Waals surface area contributed by atoms with Crippen molar-refractivity contribution in [1.82, 2.24) is 5.32 Å². The molecule has 0 aromatic heterocycles. The Labute approximate surface area is 136 Å². The molecule has 4 nitrogen and oxygen atoms in total. The molecule has 1 N–H and O–H groups in total. The summed E-state index contributed by atoms with van der Waals surface area (Å²) in [4.78, 5) is 26.7. The second-order valence-electron chi connectivity index (χ2n) is 5.96. The highest BCUT2D eigenvalue weighted by Gasteiger charge is 2.33. The molecule has 2 amide bonds. The Morgan fingerprint density at radius 3 is 2.57 bits per heavy atom. The van der Waals surface area contributed by atoms with Crippen molar-refractivity contribution < 1.29 is 9.59 Å². The van der Waals surface area contributed by atoms with Crippen LogP contribution in [0.15, 0.2) is 48.5 Å². The molecular weight excluding hydrogens is 288 g/mol. The van der Waals surface area contributed by atoms with Crippen LogP contribution in [0.2, 0.25) is 0 Å². The van der Waals surface area contributed by atoms with Crippen molar-refractivity contribution in [3.8, 4) is 0 Å². The van der Waals surface area contributed by atoms with Crippen LogP contribution in [0.25, 0.3) is 0 Å². The molecule has 118 valence electrons. The van der Waals surface area contributed by atoms with Crippen LogP contribution < -0.4 is 10.2 Å². The normalized spacial score (nSPS) is 17.4. The Kier molecular flexibility index (Phi) is 4.15. The number of amides is 2. The summed E-state index contributed by atoms with van der Waals surface area (Å²) in [6.45, 7) is 4.53. The lowest BCUT2D eigenvalue weighted by atomic mass is 10.0. The van der Waals surface area contributed by atoms with Crippen LogP contribution in [-0.4, -0.2) is 24.4 Å². The number of para-hydroxylation sites is 1. The summed E-state index contributed by atoms with van der Waals surface area (Å²) >= 11 is 0. The molecule has 23 heavy (non-hydrogen) atoms. The van der Waals surface area contributed by atoms with Gasteiger partial charge in [0.1, 0.15) is 6.04 Å². The van der Waals surface area contributed by atoms with E-state index in [2.05, 4.69) is 5.32 Å². The zero-order valence-electron chi connectivity index (χ0n) is 13.4. The quantitative estimate of drug-likeness (QED) is 0.948. The van der Waals surface area contributed by atoms with Crippen molar-refractivity contribution in [3.05, 3.63) is 65.2 Å². The van der Waals surface area contributed by atoms with Crippen molar-refractivity contribution in [2.75, 3.05) is 11.4 Å². The summed E-state index contributed by atoms with van der Waals surface area (Å²) in [5.74, 6) is -0.231. The van der Waals surface area contributed by atoms with Gasteiger partial charge in [0.25, 0.3) is 5.91 Å². The molecule has 0 saturated carbocycles. The molecule has 1 fully saturated rings. The van der Waals surface area contributed by atoms with Gasteiger partial charge in [-0.1, -0.05) is 35.9 Å². The largest absolute Gasteiger partial charge is 0.340 e. The fourth-order valence-corrected chi connectivity index (χ4v) is 2.98. The van der Waals surface area contributed by atoms with Gasteiger partial charge in [0.15, 0.2) is 0 Å². The highest BCUT2D eigenvalue weighted by molar-refractivity contribution is 6.04. The van der Waals surface area contributed by atoms with Gasteiger partial charge in [-0.25, -0.2) is 0 Å². The first-order valence-electron chi connectivity index (χ1n) is 7.81.